The molecule has 0 unspecified atom stereocenters. The molecule has 0 N–H and O–H groups in total. The number of rotatable bonds is 12. The molecule has 30 rings (SSSR count). The number of fused-ring (bicyclic) bond motifs is 18. The minimum absolute atomic E-state index is 0.911. The van der Waals surface area contributed by atoms with Crippen molar-refractivity contribution >= 4 is 163 Å². The molecule has 0 bridgehead atoms. The summed E-state index contributed by atoms with van der Waals surface area (Å²) in [4.78, 5) is 0. The maximum Gasteiger partial charge on any atom is 0.135 e. The number of hydrogen-bond acceptors (Lipinski definition) is 3. The molecule has 684 valence electrons. The number of para-hydroxylation sites is 3. The highest BCUT2D eigenvalue weighted by Gasteiger charge is 2.25. The summed E-state index contributed by atoms with van der Waals surface area (Å²) < 4.78 is 18.4. The van der Waals surface area contributed by atoms with Crippen LogP contribution in [0.2, 0.25) is 0 Å². The van der Waals surface area contributed by atoms with Crippen LogP contribution in [-0.4, -0.2) is 0 Å². The largest absolute Gasteiger partial charge is 0.456 e. The monoisotopic (exact) mass is 1870 g/mol. The van der Waals surface area contributed by atoms with Gasteiger partial charge < -0.3 is 13.3 Å². The second-order valence-corrected chi connectivity index (χ2v) is 38.5. The van der Waals surface area contributed by atoms with Crippen LogP contribution in [0.25, 0.3) is 296 Å². The third-order valence-electron chi connectivity index (χ3n) is 30.2. The van der Waals surface area contributed by atoms with Gasteiger partial charge in [-0.1, -0.05) is 485 Å². The Morgan fingerprint density at radius 2 is 0.286 bits per heavy atom. The Bertz CT molecular complexity index is 10300. The highest BCUT2D eigenvalue weighted by atomic mass is 16.3. The van der Waals surface area contributed by atoms with E-state index in [0.717, 1.165) is 65.8 Å². The fraction of sp³-hybridized carbons (Fsp3) is 0. The number of hydrogen-bond donors (Lipinski definition) is 0. The third-order valence-corrected chi connectivity index (χ3v) is 30.2. The lowest BCUT2D eigenvalue weighted by molar-refractivity contribution is 0.668. The first-order valence-electron chi connectivity index (χ1n) is 50.5. The van der Waals surface area contributed by atoms with Crippen molar-refractivity contribution in [2.75, 3.05) is 0 Å². The van der Waals surface area contributed by atoms with Crippen molar-refractivity contribution in [3.63, 3.8) is 0 Å². The van der Waals surface area contributed by atoms with Crippen molar-refractivity contribution in [3.05, 3.63) is 546 Å². The molecule has 0 spiro atoms. The Morgan fingerprint density at radius 3 is 0.619 bits per heavy atom. The third kappa shape index (κ3) is 15.0. The Morgan fingerprint density at radius 1 is 0.0884 bits per heavy atom. The summed E-state index contributed by atoms with van der Waals surface area (Å²) in [7, 11) is 0. The lowest BCUT2D eigenvalue weighted by atomic mass is 9.83. The molecular weight excluding hydrogens is 1780 g/mol. The van der Waals surface area contributed by atoms with Gasteiger partial charge in [0.2, 0.25) is 0 Å². The predicted molar refractivity (Wildman–Crippen MR) is 624 cm³/mol. The average molecular weight is 1870 g/mol. The van der Waals surface area contributed by atoms with Gasteiger partial charge >= 0.3 is 0 Å². The minimum Gasteiger partial charge on any atom is -0.456 e. The zero-order valence-corrected chi connectivity index (χ0v) is 80.2. The van der Waals surface area contributed by atoms with Crippen molar-refractivity contribution in [2.24, 2.45) is 0 Å². The molecule has 0 amide bonds. The van der Waals surface area contributed by atoms with Crippen LogP contribution in [0.15, 0.2) is 559 Å². The van der Waals surface area contributed by atoms with E-state index in [9.17, 15) is 0 Å². The molecule has 0 aliphatic carbocycles. The van der Waals surface area contributed by atoms with E-state index in [1.807, 2.05) is 36.4 Å². The van der Waals surface area contributed by atoms with E-state index < -0.39 is 0 Å². The predicted octanol–water partition coefficient (Wildman–Crippen LogP) is 41.1. The van der Waals surface area contributed by atoms with Crippen LogP contribution < -0.4 is 0 Å². The molecule has 0 aliphatic heterocycles. The Hall–Kier alpha value is -19.3. The quantitative estimate of drug-likeness (QED) is 0.114. The minimum atomic E-state index is 0.911. The standard InChI is InChI=1S/3C48H30O/c1-2-15-37-31(11-1)12-10-21-38(37)32-23-25-33(26-24-32)47-40-17-3-5-19-42(40)48(43-20-6-4-18-41(43)47)36-14-9-13-34(29-36)35-27-28-46-44(30-35)39-16-7-8-22-45(39)49-46;1-2-12-37-32(10-1)11-9-18-38(37)33-22-26-35(27-23-33)48-42-16-5-3-14-40(42)47(41-15-4-6-17-43(41)48)34-24-20-31(21-25-34)36-28-29-46-44(30-36)39-13-7-8-19-45(39)49-46;1-2-14-35-31(12-1)13-11-22-36(35)32-24-26-33(27-25-32)47-40-18-5-7-20-42(40)48(43-21-8-6-19-41(43)47)39-17-4-3-15-37(39)34-28-29-46-44(30-34)38-16-9-10-23-45(38)49-46/h3*1-30H. The van der Waals surface area contributed by atoms with Gasteiger partial charge in [0.15, 0.2) is 0 Å². The Labute approximate surface area is 849 Å². The zero-order chi connectivity index (χ0) is 96.9. The molecule has 0 atom stereocenters. The Balaban J connectivity index is 0.000000107. The van der Waals surface area contributed by atoms with Gasteiger partial charge in [0.1, 0.15) is 33.5 Å². The van der Waals surface area contributed by atoms with Gasteiger partial charge in [0.25, 0.3) is 0 Å². The molecule has 3 heteroatoms. The number of furan rings is 3. The van der Waals surface area contributed by atoms with Crippen molar-refractivity contribution in [1.82, 2.24) is 0 Å². The summed E-state index contributed by atoms with van der Waals surface area (Å²) in [6.45, 7) is 0. The maximum atomic E-state index is 6.18. The smallest absolute Gasteiger partial charge is 0.135 e. The molecule has 0 aliphatic rings. The summed E-state index contributed by atoms with van der Waals surface area (Å²) in [5.74, 6) is 0. The topological polar surface area (TPSA) is 39.4 Å². The van der Waals surface area contributed by atoms with Crippen molar-refractivity contribution < 1.29 is 13.3 Å². The fourth-order valence-corrected chi connectivity index (χ4v) is 23.5. The van der Waals surface area contributed by atoms with Crippen molar-refractivity contribution in [2.45, 2.75) is 0 Å². The van der Waals surface area contributed by atoms with E-state index in [-0.39, 0.29) is 0 Å². The van der Waals surface area contributed by atoms with E-state index in [4.69, 9.17) is 13.3 Å². The van der Waals surface area contributed by atoms with Gasteiger partial charge in [0.05, 0.1) is 0 Å². The Kier molecular flexibility index (Phi) is 21.0. The van der Waals surface area contributed by atoms with Crippen LogP contribution >= 0.6 is 0 Å². The van der Waals surface area contributed by atoms with Crippen LogP contribution in [0.1, 0.15) is 0 Å². The van der Waals surface area contributed by atoms with Gasteiger partial charge in [-0.3, -0.25) is 0 Å². The molecule has 3 nitrogen and oxygen atoms in total. The SMILES string of the molecule is c1cc(-c2ccc3oc4ccccc4c3c2)cc(-c2c3ccccc3c(-c3ccc(-c4cccc5ccccc45)cc3)c3ccccc23)c1.c1ccc(-c2c3ccccc3c(-c3ccc(-c4cccc5ccccc45)cc3)c3ccccc23)c(-c2ccc3oc4ccccc4c3c2)c1.c1ccc2c(-c3ccc(-c4c5ccccc5c(-c5ccc(-c6ccc7oc8ccccc8c7c6)cc5)c5ccccc45)cc3)cccc2c1. The first-order valence-corrected chi connectivity index (χ1v) is 50.5. The normalized spacial score (nSPS) is 11.7. The first-order chi connectivity index (χ1) is 72.9. The van der Waals surface area contributed by atoms with Crippen LogP contribution in [0, 0.1) is 0 Å². The molecule has 3 aromatic heterocycles. The average Bonchev–Trinajstić information content (AvgIpc) is 1.12. The summed E-state index contributed by atoms with van der Waals surface area (Å²) in [6.07, 6.45) is 0. The fourth-order valence-electron chi connectivity index (χ4n) is 23.5. The molecular formula is C144H90O3. The first kappa shape index (κ1) is 85.6. The molecule has 0 saturated carbocycles. The lowest BCUT2D eigenvalue weighted by Gasteiger charge is -2.20. The van der Waals surface area contributed by atoms with Crippen LogP contribution in [0.4, 0.5) is 0 Å². The number of benzene rings is 27. The van der Waals surface area contributed by atoms with Crippen LogP contribution in [0.3, 0.4) is 0 Å². The van der Waals surface area contributed by atoms with E-state index in [0.29, 0.717) is 0 Å². The highest BCUT2D eigenvalue weighted by molar-refractivity contribution is 6.26. The van der Waals surface area contributed by atoms with Gasteiger partial charge in [-0.05, 0) is 291 Å². The lowest BCUT2D eigenvalue weighted by Crippen LogP contribution is -1.92. The molecule has 27 aromatic carbocycles. The van der Waals surface area contributed by atoms with Crippen molar-refractivity contribution in [1.29, 1.82) is 0 Å². The van der Waals surface area contributed by atoms with Gasteiger partial charge in [-0.2, -0.15) is 0 Å². The van der Waals surface area contributed by atoms with E-state index in [2.05, 4.69) is 510 Å². The summed E-state index contributed by atoms with van der Waals surface area (Å²) in [5.41, 5.74) is 35.0. The molecule has 0 fully saturated rings. The molecule has 3 heterocycles. The maximum absolute atomic E-state index is 6.18. The molecule has 30 aromatic rings. The van der Waals surface area contributed by atoms with Crippen molar-refractivity contribution in [3.8, 4) is 134 Å². The summed E-state index contributed by atoms with van der Waals surface area (Å²) in [5, 5.41) is 29.5. The second-order valence-electron chi connectivity index (χ2n) is 38.5. The van der Waals surface area contributed by atoms with Crippen LogP contribution in [0.5, 0.6) is 0 Å². The van der Waals surface area contributed by atoms with E-state index in [1.165, 1.54) is 230 Å². The zero-order valence-electron chi connectivity index (χ0n) is 80.2. The van der Waals surface area contributed by atoms with E-state index >= 15 is 0 Å². The molecule has 0 saturated heterocycles. The second kappa shape index (κ2) is 36.0. The van der Waals surface area contributed by atoms with Crippen LogP contribution in [-0.2, 0) is 0 Å². The molecule has 147 heavy (non-hydrogen) atoms. The van der Waals surface area contributed by atoms with Gasteiger partial charge in [-0.15, -0.1) is 0 Å². The van der Waals surface area contributed by atoms with E-state index in [1.54, 1.807) is 0 Å². The highest BCUT2D eigenvalue weighted by Crippen LogP contribution is 2.52. The summed E-state index contributed by atoms with van der Waals surface area (Å²) in [6, 6.07) is 198. The summed E-state index contributed by atoms with van der Waals surface area (Å²) >= 11 is 0. The molecule has 0 radical (unpaired) electrons. The van der Waals surface area contributed by atoms with Gasteiger partial charge in [0, 0.05) is 32.3 Å². The van der Waals surface area contributed by atoms with Gasteiger partial charge in [-0.25, -0.2) is 0 Å².